The van der Waals surface area contributed by atoms with E-state index in [2.05, 4.69) is 24.2 Å². The van der Waals surface area contributed by atoms with Crippen LogP contribution in [-0.2, 0) is 14.3 Å². The van der Waals surface area contributed by atoms with E-state index in [1.54, 1.807) is 0 Å². The molecule has 0 aliphatic carbocycles. The molecule has 2 unspecified atom stereocenters. The molecule has 118 valence electrons. The maximum absolute atomic E-state index is 12.1. The number of carbonyl (C=O) groups is 1. The van der Waals surface area contributed by atoms with Crippen molar-refractivity contribution < 1.29 is 14.3 Å². The minimum atomic E-state index is -0.630. The van der Waals surface area contributed by atoms with Gasteiger partial charge in [-0.3, -0.25) is 4.79 Å². The molecule has 1 heterocycles. The first kappa shape index (κ1) is 17.4. The van der Waals surface area contributed by atoms with E-state index in [0.29, 0.717) is 18.7 Å². The Morgan fingerprint density at radius 1 is 1.50 bits per heavy atom. The maximum Gasteiger partial charge on any atom is 0.326 e. The van der Waals surface area contributed by atoms with Crippen LogP contribution in [0.2, 0.25) is 0 Å². The molecule has 1 fully saturated rings. The average molecular weight is 286 g/mol. The van der Waals surface area contributed by atoms with E-state index >= 15 is 0 Å². The fraction of sp³-hybridized carbons (Fsp3) is 0.933. The zero-order valence-corrected chi connectivity index (χ0v) is 13.6. The maximum atomic E-state index is 12.1. The van der Waals surface area contributed by atoms with Gasteiger partial charge in [0.1, 0.15) is 5.54 Å². The van der Waals surface area contributed by atoms with E-state index in [1.807, 2.05) is 20.9 Å². The predicted octanol–water partition coefficient (Wildman–Crippen LogP) is 1.42. The average Bonchev–Trinajstić information content (AvgIpc) is 2.47. The van der Waals surface area contributed by atoms with Crippen LogP contribution in [0.5, 0.6) is 0 Å². The monoisotopic (exact) mass is 286 g/mol. The Labute approximate surface area is 123 Å². The van der Waals surface area contributed by atoms with Crippen LogP contribution in [-0.4, -0.2) is 62.4 Å². The van der Waals surface area contributed by atoms with Gasteiger partial charge in [0, 0.05) is 25.3 Å². The van der Waals surface area contributed by atoms with E-state index in [0.717, 1.165) is 32.5 Å². The molecule has 1 saturated heterocycles. The van der Waals surface area contributed by atoms with Gasteiger partial charge in [-0.15, -0.1) is 0 Å². The second kappa shape index (κ2) is 7.96. The van der Waals surface area contributed by atoms with Crippen LogP contribution in [0.3, 0.4) is 0 Å². The normalized spacial score (nSPS) is 21.5. The number of likely N-dealkylation sites (N-methyl/N-ethyl adjacent to an activating group) is 1. The Morgan fingerprint density at radius 3 is 2.60 bits per heavy atom. The topological polar surface area (TPSA) is 50.8 Å². The van der Waals surface area contributed by atoms with Crippen molar-refractivity contribution in [3.05, 3.63) is 0 Å². The summed E-state index contributed by atoms with van der Waals surface area (Å²) in [5.74, 6) is -0.172. The number of ether oxygens (including phenoxy) is 2. The first-order valence-corrected chi connectivity index (χ1v) is 7.60. The predicted molar refractivity (Wildman–Crippen MR) is 79.8 cm³/mol. The van der Waals surface area contributed by atoms with Gasteiger partial charge in [-0.05, 0) is 54.1 Å². The molecule has 0 aromatic heterocycles. The Kier molecular flexibility index (Phi) is 6.92. The van der Waals surface area contributed by atoms with Crippen LogP contribution < -0.4 is 5.32 Å². The van der Waals surface area contributed by atoms with Gasteiger partial charge in [-0.1, -0.05) is 0 Å². The van der Waals surface area contributed by atoms with Crippen molar-refractivity contribution in [1.82, 2.24) is 10.2 Å². The SMILES string of the molecule is CCOC(=O)C(C)(CC(C)N(C)C1CCOCC1)NC. The van der Waals surface area contributed by atoms with E-state index in [4.69, 9.17) is 9.47 Å². The standard InChI is InChI=1S/C15H30N2O3/c1-6-20-14(18)15(3,16-4)11-12(2)17(5)13-7-9-19-10-8-13/h12-13,16H,6-11H2,1-5H3. The zero-order chi connectivity index (χ0) is 15.2. The lowest BCUT2D eigenvalue weighted by atomic mass is 9.92. The molecule has 0 aromatic rings. The van der Waals surface area contributed by atoms with Crippen LogP contribution in [0.1, 0.15) is 40.0 Å². The van der Waals surface area contributed by atoms with E-state index in [1.165, 1.54) is 0 Å². The molecular formula is C15H30N2O3. The highest BCUT2D eigenvalue weighted by molar-refractivity contribution is 5.80. The summed E-state index contributed by atoms with van der Waals surface area (Å²) in [4.78, 5) is 14.5. The number of nitrogens with one attached hydrogen (secondary N) is 1. The van der Waals surface area contributed by atoms with Crippen LogP contribution in [0.25, 0.3) is 0 Å². The molecule has 1 N–H and O–H groups in total. The molecule has 0 aromatic carbocycles. The van der Waals surface area contributed by atoms with Gasteiger partial charge in [0.15, 0.2) is 0 Å². The molecule has 5 nitrogen and oxygen atoms in total. The largest absolute Gasteiger partial charge is 0.465 e. The first-order chi connectivity index (χ1) is 9.44. The van der Waals surface area contributed by atoms with Crippen LogP contribution in [0.4, 0.5) is 0 Å². The van der Waals surface area contributed by atoms with Crippen LogP contribution >= 0.6 is 0 Å². The number of rotatable bonds is 7. The molecule has 5 heteroatoms. The lowest BCUT2D eigenvalue weighted by Crippen LogP contribution is -2.54. The Balaban J connectivity index is 2.60. The number of esters is 1. The van der Waals surface area contributed by atoms with Gasteiger partial charge in [-0.2, -0.15) is 0 Å². The highest BCUT2D eigenvalue weighted by Gasteiger charge is 2.36. The quantitative estimate of drug-likeness (QED) is 0.717. The lowest BCUT2D eigenvalue weighted by Gasteiger charge is -2.39. The van der Waals surface area contributed by atoms with E-state index in [-0.39, 0.29) is 5.97 Å². The van der Waals surface area contributed by atoms with Gasteiger partial charge in [0.25, 0.3) is 0 Å². The van der Waals surface area contributed by atoms with Crippen molar-refractivity contribution in [2.75, 3.05) is 33.9 Å². The van der Waals surface area contributed by atoms with Gasteiger partial charge < -0.3 is 19.7 Å². The van der Waals surface area contributed by atoms with Crippen LogP contribution in [0, 0.1) is 0 Å². The van der Waals surface area contributed by atoms with E-state index in [9.17, 15) is 4.79 Å². The summed E-state index contributed by atoms with van der Waals surface area (Å²) in [6, 6.07) is 0.849. The van der Waals surface area contributed by atoms with Crippen molar-refractivity contribution in [2.45, 2.75) is 57.7 Å². The molecule has 0 saturated carbocycles. The van der Waals surface area contributed by atoms with Crippen molar-refractivity contribution >= 4 is 5.97 Å². The smallest absolute Gasteiger partial charge is 0.326 e. The fourth-order valence-corrected chi connectivity index (χ4v) is 2.76. The second-order valence-corrected chi connectivity index (χ2v) is 5.86. The van der Waals surface area contributed by atoms with Gasteiger partial charge in [-0.25, -0.2) is 0 Å². The van der Waals surface area contributed by atoms with Gasteiger partial charge in [0.2, 0.25) is 0 Å². The minimum Gasteiger partial charge on any atom is -0.465 e. The summed E-state index contributed by atoms with van der Waals surface area (Å²) < 4.78 is 10.6. The molecule has 2 atom stereocenters. The fourth-order valence-electron chi connectivity index (χ4n) is 2.76. The van der Waals surface area contributed by atoms with Crippen LogP contribution in [0.15, 0.2) is 0 Å². The summed E-state index contributed by atoms with van der Waals surface area (Å²) >= 11 is 0. The van der Waals surface area contributed by atoms with Gasteiger partial charge in [0.05, 0.1) is 6.61 Å². The Bertz CT molecular complexity index is 305. The molecule has 0 amide bonds. The molecule has 1 aliphatic rings. The van der Waals surface area contributed by atoms with Crippen molar-refractivity contribution in [3.63, 3.8) is 0 Å². The summed E-state index contributed by atoms with van der Waals surface area (Å²) in [5.41, 5.74) is -0.630. The Hall–Kier alpha value is -0.650. The number of nitrogens with zero attached hydrogens (tertiary/aromatic N) is 1. The highest BCUT2D eigenvalue weighted by atomic mass is 16.5. The van der Waals surface area contributed by atoms with Crippen molar-refractivity contribution in [3.8, 4) is 0 Å². The third-order valence-electron chi connectivity index (χ3n) is 4.44. The second-order valence-electron chi connectivity index (χ2n) is 5.86. The summed E-state index contributed by atoms with van der Waals surface area (Å²) in [7, 11) is 3.96. The molecule has 1 rings (SSSR count). The number of hydrogen-bond acceptors (Lipinski definition) is 5. The third kappa shape index (κ3) is 4.43. The Morgan fingerprint density at radius 2 is 2.10 bits per heavy atom. The number of carbonyl (C=O) groups excluding carboxylic acids is 1. The molecule has 20 heavy (non-hydrogen) atoms. The zero-order valence-electron chi connectivity index (χ0n) is 13.6. The molecule has 0 spiro atoms. The van der Waals surface area contributed by atoms with E-state index < -0.39 is 5.54 Å². The molecule has 0 radical (unpaired) electrons. The lowest BCUT2D eigenvalue weighted by molar-refractivity contribution is -0.151. The number of hydrogen-bond donors (Lipinski definition) is 1. The third-order valence-corrected chi connectivity index (χ3v) is 4.44. The first-order valence-electron chi connectivity index (χ1n) is 7.60. The van der Waals surface area contributed by atoms with Crippen molar-refractivity contribution in [1.29, 1.82) is 0 Å². The summed E-state index contributed by atoms with van der Waals surface area (Å²) in [5, 5.41) is 3.13. The highest BCUT2D eigenvalue weighted by Crippen LogP contribution is 2.22. The molecular weight excluding hydrogens is 256 g/mol. The molecule has 1 aliphatic heterocycles. The van der Waals surface area contributed by atoms with Gasteiger partial charge >= 0.3 is 5.97 Å². The molecule has 0 bridgehead atoms. The summed E-state index contributed by atoms with van der Waals surface area (Å²) in [6.07, 6.45) is 2.86. The minimum absolute atomic E-state index is 0.172. The van der Waals surface area contributed by atoms with Crippen molar-refractivity contribution in [2.24, 2.45) is 0 Å². The summed E-state index contributed by atoms with van der Waals surface area (Å²) in [6.45, 7) is 8.02.